The number of carbonyl (C=O) groups excluding carboxylic acids is 1. The zero-order valence-electron chi connectivity index (χ0n) is 16.1. The second-order valence-corrected chi connectivity index (χ2v) is 8.64. The normalized spacial score (nSPS) is 11.2. The lowest BCUT2D eigenvalue weighted by molar-refractivity contribution is 0.101. The highest BCUT2D eigenvalue weighted by Gasteiger charge is 2.19. The van der Waals surface area contributed by atoms with Gasteiger partial charge in [0.05, 0.1) is 10.6 Å². The van der Waals surface area contributed by atoms with E-state index in [2.05, 4.69) is 15.4 Å². The van der Waals surface area contributed by atoms with E-state index in [9.17, 15) is 13.2 Å². The van der Waals surface area contributed by atoms with Crippen molar-refractivity contribution in [2.75, 3.05) is 11.6 Å². The molecule has 0 unspecified atom stereocenters. The summed E-state index contributed by atoms with van der Waals surface area (Å²) in [5, 5.41) is 7.12. The first-order valence-corrected chi connectivity index (χ1v) is 11.0. The van der Waals surface area contributed by atoms with Gasteiger partial charge in [0.25, 0.3) is 5.91 Å². The highest BCUT2D eigenvalue weighted by atomic mass is 32.2. The Bertz CT molecular complexity index is 1230. The van der Waals surface area contributed by atoms with E-state index in [1.807, 2.05) is 60.7 Å². The van der Waals surface area contributed by atoms with Crippen molar-refractivity contribution >= 4 is 21.4 Å². The summed E-state index contributed by atoms with van der Waals surface area (Å²) in [7, 11) is -3.30. The Balaban J connectivity index is 1.67. The maximum atomic E-state index is 12.8. The molecular weight excluding hydrogens is 400 g/mol. The zero-order chi connectivity index (χ0) is 21.1. The molecule has 1 N–H and O–H groups in total. The molecule has 0 aliphatic heterocycles. The SMILES string of the molecule is CS(=O)(=O)c1ccc(NC(=O)c2nc(-c3ccccc3)n(-c3ccccc3)n2)cc1. The smallest absolute Gasteiger partial charge is 0.295 e. The van der Waals surface area contributed by atoms with Gasteiger partial charge in [0.2, 0.25) is 5.82 Å². The molecule has 0 aliphatic carbocycles. The lowest BCUT2D eigenvalue weighted by Gasteiger charge is -2.05. The molecule has 0 radical (unpaired) electrons. The predicted molar refractivity (Wildman–Crippen MR) is 114 cm³/mol. The van der Waals surface area contributed by atoms with Crippen molar-refractivity contribution in [1.29, 1.82) is 0 Å². The van der Waals surface area contributed by atoms with E-state index in [4.69, 9.17) is 0 Å². The van der Waals surface area contributed by atoms with Gasteiger partial charge >= 0.3 is 0 Å². The molecule has 0 bridgehead atoms. The Hall–Kier alpha value is -3.78. The van der Waals surface area contributed by atoms with Crippen LogP contribution in [0.15, 0.2) is 89.8 Å². The minimum atomic E-state index is -3.30. The van der Waals surface area contributed by atoms with Crippen LogP contribution in [-0.2, 0) is 9.84 Å². The van der Waals surface area contributed by atoms with Gasteiger partial charge in [-0.2, -0.15) is 0 Å². The molecule has 4 aromatic rings. The van der Waals surface area contributed by atoms with Crippen molar-refractivity contribution in [3.05, 3.63) is 90.8 Å². The topological polar surface area (TPSA) is 94.0 Å². The number of anilines is 1. The average Bonchev–Trinajstić information content (AvgIpc) is 3.20. The van der Waals surface area contributed by atoms with Gasteiger partial charge in [-0.05, 0) is 36.4 Å². The van der Waals surface area contributed by atoms with Crippen LogP contribution in [0.5, 0.6) is 0 Å². The van der Waals surface area contributed by atoms with Crippen LogP contribution in [0.2, 0.25) is 0 Å². The number of para-hydroxylation sites is 1. The number of hydrogen-bond donors (Lipinski definition) is 1. The van der Waals surface area contributed by atoms with E-state index in [1.165, 1.54) is 24.3 Å². The number of nitrogens with zero attached hydrogens (tertiary/aromatic N) is 3. The number of hydrogen-bond acceptors (Lipinski definition) is 5. The molecule has 30 heavy (non-hydrogen) atoms. The molecule has 0 atom stereocenters. The van der Waals surface area contributed by atoms with Gasteiger partial charge < -0.3 is 5.32 Å². The maximum absolute atomic E-state index is 12.8. The summed E-state index contributed by atoms with van der Waals surface area (Å²) in [5.41, 5.74) is 2.05. The molecule has 3 aromatic carbocycles. The van der Waals surface area contributed by atoms with E-state index in [0.29, 0.717) is 11.5 Å². The van der Waals surface area contributed by atoms with E-state index < -0.39 is 15.7 Å². The van der Waals surface area contributed by atoms with E-state index in [1.54, 1.807) is 4.68 Å². The second kappa shape index (κ2) is 7.92. The highest BCUT2D eigenvalue weighted by molar-refractivity contribution is 7.90. The van der Waals surface area contributed by atoms with E-state index >= 15 is 0 Å². The van der Waals surface area contributed by atoms with Gasteiger partial charge in [0, 0.05) is 17.5 Å². The predicted octanol–water partition coefficient (Wildman–Crippen LogP) is 3.59. The summed E-state index contributed by atoms with van der Waals surface area (Å²) in [5.74, 6) is 0.0539. The molecule has 0 fully saturated rings. The molecule has 7 nitrogen and oxygen atoms in total. The maximum Gasteiger partial charge on any atom is 0.295 e. The number of sulfone groups is 1. The third-order valence-corrected chi connectivity index (χ3v) is 5.51. The number of aromatic nitrogens is 3. The quantitative estimate of drug-likeness (QED) is 0.535. The summed E-state index contributed by atoms with van der Waals surface area (Å²) in [6.07, 6.45) is 1.13. The van der Waals surface area contributed by atoms with Crippen molar-refractivity contribution in [2.24, 2.45) is 0 Å². The second-order valence-electron chi connectivity index (χ2n) is 6.62. The summed E-state index contributed by atoms with van der Waals surface area (Å²) in [4.78, 5) is 17.4. The highest BCUT2D eigenvalue weighted by Crippen LogP contribution is 2.21. The largest absolute Gasteiger partial charge is 0.319 e. The molecule has 0 spiro atoms. The van der Waals surface area contributed by atoms with Crippen LogP contribution in [0, 0.1) is 0 Å². The molecule has 4 rings (SSSR count). The number of nitrogens with one attached hydrogen (secondary N) is 1. The lowest BCUT2D eigenvalue weighted by Crippen LogP contribution is -2.14. The number of benzene rings is 3. The number of carbonyl (C=O) groups is 1. The Labute approximate surface area is 173 Å². The van der Waals surface area contributed by atoms with Gasteiger partial charge in [-0.3, -0.25) is 4.79 Å². The van der Waals surface area contributed by atoms with Crippen molar-refractivity contribution in [3.63, 3.8) is 0 Å². The van der Waals surface area contributed by atoms with Crippen molar-refractivity contribution in [1.82, 2.24) is 14.8 Å². The van der Waals surface area contributed by atoms with Crippen LogP contribution in [0.3, 0.4) is 0 Å². The van der Waals surface area contributed by atoms with E-state index in [-0.39, 0.29) is 10.7 Å². The van der Waals surface area contributed by atoms with Crippen LogP contribution < -0.4 is 5.32 Å². The Morgan fingerprint density at radius 3 is 2.07 bits per heavy atom. The standard InChI is InChI=1S/C22H18N4O3S/c1-30(28,29)19-14-12-17(13-15-19)23-22(27)20-24-21(16-8-4-2-5-9-16)26(25-20)18-10-6-3-7-11-18/h2-15H,1H3,(H,23,27). The molecule has 150 valence electrons. The third-order valence-electron chi connectivity index (χ3n) is 4.38. The summed E-state index contributed by atoms with van der Waals surface area (Å²) < 4.78 is 24.8. The van der Waals surface area contributed by atoms with Crippen LogP contribution in [0.1, 0.15) is 10.6 Å². The molecule has 1 amide bonds. The van der Waals surface area contributed by atoms with Gasteiger partial charge in [-0.25, -0.2) is 18.1 Å². The summed E-state index contributed by atoms with van der Waals surface area (Å²) in [6.45, 7) is 0. The van der Waals surface area contributed by atoms with Crippen LogP contribution in [-0.4, -0.2) is 35.3 Å². The molecule has 8 heteroatoms. The Morgan fingerprint density at radius 2 is 1.47 bits per heavy atom. The number of amides is 1. The average molecular weight is 418 g/mol. The fourth-order valence-electron chi connectivity index (χ4n) is 2.90. The first-order valence-electron chi connectivity index (χ1n) is 9.11. The first-order chi connectivity index (χ1) is 14.4. The molecule has 1 aromatic heterocycles. The van der Waals surface area contributed by atoms with Crippen LogP contribution >= 0.6 is 0 Å². The molecule has 0 saturated heterocycles. The summed E-state index contributed by atoms with van der Waals surface area (Å²) in [6, 6.07) is 24.9. The molecular formula is C22H18N4O3S. The monoisotopic (exact) mass is 418 g/mol. The molecule has 0 saturated carbocycles. The molecule has 1 heterocycles. The first kappa shape index (κ1) is 19.5. The minimum absolute atomic E-state index is 0.00453. The van der Waals surface area contributed by atoms with Crippen LogP contribution in [0.4, 0.5) is 5.69 Å². The third kappa shape index (κ3) is 4.13. The van der Waals surface area contributed by atoms with E-state index in [0.717, 1.165) is 17.5 Å². The van der Waals surface area contributed by atoms with Crippen molar-refractivity contribution in [3.8, 4) is 17.1 Å². The fourth-order valence-corrected chi connectivity index (χ4v) is 3.53. The van der Waals surface area contributed by atoms with Crippen molar-refractivity contribution < 1.29 is 13.2 Å². The zero-order valence-corrected chi connectivity index (χ0v) is 16.9. The van der Waals surface area contributed by atoms with Gasteiger partial charge in [0.15, 0.2) is 15.7 Å². The van der Waals surface area contributed by atoms with Gasteiger partial charge in [-0.15, -0.1) is 5.10 Å². The summed E-state index contributed by atoms with van der Waals surface area (Å²) >= 11 is 0. The lowest BCUT2D eigenvalue weighted by atomic mass is 10.2. The minimum Gasteiger partial charge on any atom is -0.319 e. The van der Waals surface area contributed by atoms with Gasteiger partial charge in [0.1, 0.15) is 0 Å². The number of rotatable bonds is 5. The van der Waals surface area contributed by atoms with Crippen LogP contribution in [0.25, 0.3) is 17.1 Å². The fraction of sp³-hybridized carbons (Fsp3) is 0.0455. The Morgan fingerprint density at radius 1 is 0.867 bits per heavy atom. The van der Waals surface area contributed by atoms with Crippen molar-refractivity contribution in [2.45, 2.75) is 4.90 Å². The Kier molecular flexibility index (Phi) is 5.16. The van der Waals surface area contributed by atoms with Gasteiger partial charge in [-0.1, -0.05) is 48.5 Å². The molecule has 0 aliphatic rings.